The minimum atomic E-state index is -0.00102. The van der Waals surface area contributed by atoms with Crippen LogP contribution in [0.5, 0.6) is 0 Å². The van der Waals surface area contributed by atoms with Gasteiger partial charge >= 0.3 is 0 Å². The van der Waals surface area contributed by atoms with Gasteiger partial charge in [-0.2, -0.15) is 0 Å². The van der Waals surface area contributed by atoms with E-state index in [0.717, 1.165) is 6.29 Å². The van der Waals surface area contributed by atoms with Gasteiger partial charge in [0.15, 0.2) is 0 Å². The monoisotopic (exact) mass is 157 g/mol. The lowest BCUT2D eigenvalue weighted by Gasteiger charge is -2.10. The highest BCUT2D eigenvalue weighted by molar-refractivity contribution is 5.75. The van der Waals surface area contributed by atoms with Gasteiger partial charge in [0.2, 0.25) is 5.91 Å². The van der Waals surface area contributed by atoms with Crippen molar-refractivity contribution in [2.24, 2.45) is 5.92 Å². The summed E-state index contributed by atoms with van der Waals surface area (Å²) in [5, 5.41) is 0. The van der Waals surface area contributed by atoms with Gasteiger partial charge in [-0.25, -0.2) is 0 Å². The zero-order valence-corrected chi connectivity index (χ0v) is 7.33. The molecule has 11 heavy (non-hydrogen) atoms. The summed E-state index contributed by atoms with van der Waals surface area (Å²) in [6.07, 6.45) is 2.00. The number of carbonyl (C=O) groups is 2. The van der Waals surface area contributed by atoms with Crippen LogP contribution >= 0.6 is 0 Å². The van der Waals surface area contributed by atoms with E-state index in [-0.39, 0.29) is 11.8 Å². The van der Waals surface area contributed by atoms with Crippen LogP contribution in [0.2, 0.25) is 0 Å². The molecule has 64 valence electrons. The van der Waals surface area contributed by atoms with Crippen LogP contribution < -0.4 is 0 Å². The second kappa shape index (κ2) is 4.88. The van der Waals surface area contributed by atoms with Crippen LogP contribution in [-0.2, 0) is 9.59 Å². The molecular formula is C8H15NO2. The number of aldehydes is 1. The zero-order chi connectivity index (χ0) is 8.85. The van der Waals surface area contributed by atoms with Crippen LogP contribution in [-0.4, -0.2) is 31.2 Å². The number of rotatable bonds is 4. The standard InChI is InChI=1S/C8H15NO2/c1-7(6-10)4-5-8(11)9(2)3/h6-7H,4-5H2,1-3H3. The van der Waals surface area contributed by atoms with Gasteiger partial charge in [-0.05, 0) is 6.42 Å². The molecule has 0 N–H and O–H groups in total. The normalized spacial score (nSPS) is 12.3. The third kappa shape index (κ3) is 4.53. The molecule has 0 radical (unpaired) electrons. The second-order valence-corrected chi connectivity index (χ2v) is 2.94. The molecular weight excluding hydrogens is 142 g/mol. The SMILES string of the molecule is CC(C=O)CCC(=O)N(C)C. The van der Waals surface area contributed by atoms with Crippen molar-refractivity contribution in [3.63, 3.8) is 0 Å². The lowest BCUT2D eigenvalue weighted by atomic mass is 10.1. The Bertz CT molecular complexity index is 143. The first-order valence-corrected chi connectivity index (χ1v) is 3.73. The molecule has 1 amide bonds. The average Bonchev–Trinajstić information content (AvgIpc) is 1.99. The summed E-state index contributed by atoms with van der Waals surface area (Å²) in [6, 6.07) is 0. The smallest absolute Gasteiger partial charge is 0.222 e. The Kier molecular flexibility index (Phi) is 4.50. The van der Waals surface area contributed by atoms with Gasteiger partial charge in [-0.15, -0.1) is 0 Å². The van der Waals surface area contributed by atoms with Gasteiger partial charge in [0, 0.05) is 26.4 Å². The van der Waals surface area contributed by atoms with E-state index in [2.05, 4.69) is 0 Å². The summed E-state index contributed by atoms with van der Waals surface area (Å²) in [7, 11) is 3.43. The number of amides is 1. The molecule has 3 nitrogen and oxygen atoms in total. The maximum Gasteiger partial charge on any atom is 0.222 e. The van der Waals surface area contributed by atoms with Crippen molar-refractivity contribution in [1.82, 2.24) is 4.90 Å². The highest BCUT2D eigenvalue weighted by Crippen LogP contribution is 2.02. The van der Waals surface area contributed by atoms with Gasteiger partial charge < -0.3 is 9.69 Å². The van der Waals surface area contributed by atoms with E-state index in [1.54, 1.807) is 14.1 Å². The summed E-state index contributed by atoms with van der Waals surface area (Å²) >= 11 is 0. The Hall–Kier alpha value is -0.860. The van der Waals surface area contributed by atoms with Crippen molar-refractivity contribution in [2.75, 3.05) is 14.1 Å². The van der Waals surface area contributed by atoms with Crippen LogP contribution in [0.4, 0.5) is 0 Å². The van der Waals surface area contributed by atoms with Crippen molar-refractivity contribution >= 4 is 12.2 Å². The van der Waals surface area contributed by atoms with E-state index < -0.39 is 0 Å². The molecule has 0 bridgehead atoms. The van der Waals surface area contributed by atoms with Gasteiger partial charge in [-0.3, -0.25) is 4.79 Å². The Morgan fingerprint density at radius 2 is 2.09 bits per heavy atom. The number of hydrogen-bond donors (Lipinski definition) is 0. The third-order valence-electron chi connectivity index (χ3n) is 1.54. The van der Waals surface area contributed by atoms with Gasteiger partial charge in [0.05, 0.1) is 0 Å². The molecule has 0 saturated heterocycles. The van der Waals surface area contributed by atoms with E-state index >= 15 is 0 Å². The molecule has 0 heterocycles. The molecule has 0 aliphatic rings. The summed E-state index contributed by atoms with van der Waals surface area (Å²) in [6.45, 7) is 1.82. The molecule has 0 saturated carbocycles. The van der Waals surface area contributed by atoms with Crippen LogP contribution in [0.15, 0.2) is 0 Å². The molecule has 0 aliphatic carbocycles. The summed E-state index contributed by atoms with van der Waals surface area (Å²) in [4.78, 5) is 22.7. The van der Waals surface area contributed by atoms with E-state index in [4.69, 9.17) is 0 Å². The Balaban J connectivity index is 3.54. The molecule has 3 heteroatoms. The Morgan fingerprint density at radius 1 is 1.55 bits per heavy atom. The molecule has 0 aromatic carbocycles. The van der Waals surface area contributed by atoms with Gasteiger partial charge in [0.1, 0.15) is 6.29 Å². The summed E-state index contributed by atoms with van der Waals surface area (Å²) in [5.74, 6) is 0.0811. The fraction of sp³-hybridized carbons (Fsp3) is 0.750. The minimum absolute atomic E-state index is 0.00102. The topological polar surface area (TPSA) is 37.4 Å². The average molecular weight is 157 g/mol. The lowest BCUT2D eigenvalue weighted by molar-refractivity contribution is -0.129. The molecule has 0 aliphatic heterocycles. The largest absolute Gasteiger partial charge is 0.349 e. The Labute approximate surface area is 67.4 Å². The lowest BCUT2D eigenvalue weighted by Crippen LogP contribution is -2.21. The highest BCUT2D eigenvalue weighted by atomic mass is 16.2. The molecule has 0 fully saturated rings. The van der Waals surface area contributed by atoms with Crippen LogP contribution in [0.25, 0.3) is 0 Å². The first kappa shape index (κ1) is 10.1. The predicted octanol–water partition coefficient (Wildman–Crippen LogP) is 0.690. The zero-order valence-electron chi connectivity index (χ0n) is 7.33. The first-order chi connectivity index (χ1) is 5.07. The Morgan fingerprint density at radius 3 is 2.45 bits per heavy atom. The number of hydrogen-bond acceptors (Lipinski definition) is 2. The second-order valence-electron chi connectivity index (χ2n) is 2.94. The van der Waals surface area contributed by atoms with Gasteiger partial charge in [0.25, 0.3) is 0 Å². The van der Waals surface area contributed by atoms with Crippen molar-refractivity contribution in [3.05, 3.63) is 0 Å². The van der Waals surface area contributed by atoms with Crippen molar-refractivity contribution in [1.29, 1.82) is 0 Å². The molecule has 1 atom stereocenters. The summed E-state index contributed by atoms with van der Waals surface area (Å²) in [5.41, 5.74) is 0. The van der Waals surface area contributed by atoms with E-state index in [1.165, 1.54) is 4.90 Å². The van der Waals surface area contributed by atoms with Crippen LogP contribution in [0.3, 0.4) is 0 Å². The maximum absolute atomic E-state index is 11.0. The maximum atomic E-state index is 11.0. The van der Waals surface area contributed by atoms with E-state index in [9.17, 15) is 9.59 Å². The van der Waals surface area contributed by atoms with Crippen molar-refractivity contribution < 1.29 is 9.59 Å². The fourth-order valence-corrected chi connectivity index (χ4v) is 0.643. The fourth-order valence-electron chi connectivity index (χ4n) is 0.643. The van der Waals surface area contributed by atoms with Gasteiger partial charge in [-0.1, -0.05) is 6.92 Å². The molecule has 0 aromatic heterocycles. The molecule has 0 aromatic rings. The van der Waals surface area contributed by atoms with E-state index in [0.29, 0.717) is 12.8 Å². The summed E-state index contributed by atoms with van der Waals surface area (Å²) < 4.78 is 0. The van der Waals surface area contributed by atoms with Crippen LogP contribution in [0, 0.1) is 5.92 Å². The van der Waals surface area contributed by atoms with E-state index in [1.807, 2.05) is 6.92 Å². The van der Waals surface area contributed by atoms with Crippen molar-refractivity contribution in [3.8, 4) is 0 Å². The molecule has 1 unspecified atom stereocenters. The number of nitrogens with zero attached hydrogens (tertiary/aromatic N) is 1. The minimum Gasteiger partial charge on any atom is -0.349 e. The molecule has 0 spiro atoms. The van der Waals surface area contributed by atoms with Crippen LogP contribution in [0.1, 0.15) is 19.8 Å². The predicted molar refractivity (Wildman–Crippen MR) is 43.2 cm³/mol. The first-order valence-electron chi connectivity index (χ1n) is 3.73. The highest BCUT2D eigenvalue weighted by Gasteiger charge is 2.06. The van der Waals surface area contributed by atoms with Crippen molar-refractivity contribution in [2.45, 2.75) is 19.8 Å². The number of carbonyl (C=O) groups excluding carboxylic acids is 2. The third-order valence-corrected chi connectivity index (χ3v) is 1.54. The molecule has 0 rings (SSSR count). The quantitative estimate of drug-likeness (QED) is 0.563.